The van der Waals surface area contributed by atoms with Crippen molar-refractivity contribution in [1.82, 2.24) is 10.6 Å². The summed E-state index contributed by atoms with van der Waals surface area (Å²) in [6.45, 7) is 4.54. The molecule has 1 saturated heterocycles. The lowest BCUT2D eigenvalue weighted by Crippen LogP contribution is -2.53. The Balaban J connectivity index is 1.82. The fourth-order valence-electron chi connectivity index (χ4n) is 4.07. The number of amides is 1. The zero-order valence-electron chi connectivity index (χ0n) is 15.2. The second kappa shape index (κ2) is 7.49. The minimum absolute atomic E-state index is 0.0186. The van der Waals surface area contributed by atoms with Gasteiger partial charge in [0.1, 0.15) is 0 Å². The van der Waals surface area contributed by atoms with Crippen molar-refractivity contribution < 1.29 is 13.2 Å². The Kier molecular flexibility index (Phi) is 5.66. The number of carbonyl (C=O) groups is 1. The highest BCUT2D eigenvalue weighted by Gasteiger charge is 2.53. The molecule has 26 heavy (non-hydrogen) atoms. The van der Waals surface area contributed by atoms with Crippen LogP contribution >= 0.6 is 11.6 Å². The van der Waals surface area contributed by atoms with Crippen LogP contribution in [-0.4, -0.2) is 38.7 Å². The molecule has 7 heteroatoms. The Morgan fingerprint density at radius 1 is 1.12 bits per heavy atom. The van der Waals surface area contributed by atoms with E-state index < -0.39 is 14.6 Å². The SMILES string of the molecule is CC1(CNC(=O)C2(S(=O)(=O)c3ccc(Cl)cc3)CCCC2)CCNCC1. The molecule has 1 aliphatic carbocycles. The van der Waals surface area contributed by atoms with Gasteiger partial charge in [0.05, 0.1) is 4.90 Å². The van der Waals surface area contributed by atoms with Crippen molar-refractivity contribution in [3.63, 3.8) is 0 Å². The first-order chi connectivity index (χ1) is 12.3. The smallest absolute Gasteiger partial charge is 0.241 e. The first kappa shape index (κ1) is 19.6. The number of carbonyl (C=O) groups excluding carboxylic acids is 1. The molecule has 3 rings (SSSR count). The zero-order valence-corrected chi connectivity index (χ0v) is 16.8. The molecule has 1 aliphatic heterocycles. The number of benzene rings is 1. The van der Waals surface area contributed by atoms with E-state index in [0.717, 1.165) is 38.8 Å². The monoisotopic (exact) mass is 398 g/mol. The van der Waals surface area contributed by atoms with E-state index in [1.165, 1.54) is 12.1 Å². The Bertz CT molecular complexity index is 749. The molecular formula is C19H27ClN2O3S. The van der Waals surface area contributed by atoms with Crippen molar-refractivity contribution in [3.05, 3.63) is 29.3 Å². The molecule has 1 saturated carbocycles. The highest BCUT2D eigenvalue weighted by atomic mass is 35.5. The number of rotatable bonds is 5. The van der Waals surface area contributed by atoms with Crippen molar-refractivity contribution in [1.29, 1.82) is 0 Å². The summed E-state index contributed by atoms with van der Waals surface area (Å²) in [5, 5.41) is 6.79. The van der Waals surface area contributed by atoms with E-state index >= 15 is 0 Å². The zero-order chi connectivity index (χ0) is 18.8. The summed E-state index contributed by atoms with van der Waals surface area (Å²) >= 11 is 5.89. The molecule has 0 spiro atoms. The van der Waals surface area contributed by atoms with E-state index in [4.69, 9.17) is 11.6 Å². The van der Waals surface area contributed by atoms with Crippen LogP contribution < -0.4 is 10.6 Å². The Morgan fingerprint density at radius 3 is 2.27 bits per heavy atom. The minimum atomic E-state index is -3.77. The van der Waals surface area contributed by atoms with Crippen LogP contribution in [0.1, 0.15) is 45.4 Å². The third-order valence-corrected chi connectivity index (χ3v) is 8.72. The molecule has 0 atom stereocenters. The number of hydrogen-bond acceptors (Lipinski definition) is 4. The number of hydrogen-bond donors (Lipinski definition) is 2. The third-order valence-electron chi connectivity index (χ3n) is 5.95. The third kappa shape index (κ3) is 3.64. The van der Waals surface area contributed by atoms with Gasteiger partial charge in [0.15, 0.2) is 14.6 Å². The molecule has 2 fully saturated rings. The van der Waals surface area contributed by atoms with E-state index in [1.807, 2.05) is 0 Å². The lowest BCUT2D eigenvalue weighted by molar-refractivity contribution is -0.124. The molecule has 2 N–H and O–H groups in total. The predicted octanol–water partition coefficient (Wildman–Crippen LogP) is 2.93. The number of halogens is 1. The largest absolute Gasteiger partial charge is 0.354 e. The van der Waals surface area contributed by atoms with Gasteiger partial charge < -0.3 is 10.6 Å². The Labute approximate surface area is 160 Å². The Hall–Kier alpha value is -1.11. The number of nitrogens with one attached hydrogen (secondary N) is 2. The van der Waals surface area contributed by atoms with Gasteiger partial charge in [0, 0.05) is 11.6 Å². The molecule has 0 unspecified atom stereocenters. The average Bonchev–Trinajstić information content (AvgIpc) is 3.12. The van der Waals surface area contributed by atoms with Gasteiger partial charge >= 0.3 is 0 Å². The van der Waals surface area contributed by atoms with Crippen LogP contribution in [0.5, 0.6) is 0 Å². The molecule has 1 aromatic carbocycles. The van der Waals surface area contributed by atoms with Gasteiger partial charge in [-0.15, -0.1) is 0 Å². The quantitative estimate of drug-likeness (QED) is 0.799. The summed E-state index contributed by atoms with van der Waals surface area (Å²) in [5.41, 5.74) is 0.0186. The standard InChI is InChI=1S/C19H27ClN2O3S/c1-18(10-12-21-13-11-18)14-22-17(23)19(8-2-3-9-19)26(24,25)16-6-4-15(20)5-7-16/h4-7,21H,2-3,8-14H2,1H3,(H,22,23). The van der Waals surface area contributed by atoms with E-state index in [-0.39, 0.29) is 16.2 Å². The highest BCUT2D eigenvalue weighted by Crippen LogP contribution is 2.41. The Morgan fingerprint density at radius 2 is 1.69 bits per heavy atom. The number of sulfone groups is 1. The van der Waals surface area contributed by atoms with Gasteiger partial charge in [-0.3, -0.25) is 4.79 Å². The van der Waals surface area contributed by atoms with E-state index in [1.54, 1.807) is 12.1 Å². The number of piperidine rings is 1. The summed E-state index contributed by atoms with van der Waals surface area (Å²) in [6, 6.07) is 6.12. The summed E-state index contributed by atoms with van der Waals surface area (Å²) in [6.07, 6.45) is 4.21. The highest BCUT2D eigenvalue weighted by molar-refractivity contribution is 7.93. The van der Waals surface area contributed by atoms with Crippen LogP contribution in [0.25, 0.3) is 0 Å². The van der Waals surface area contributed by atoms with Gasteiger partial charge in [-0.2, -0.15) is 0 Å². The molecular weight excluding hydrogens is 372 g/mol. The van der Waals surface area contributed by atoms with Gasteiger partial charge in [-0.25, -0.2) is 8.42 Å². The van der Waals surface area contributed by atoms with Crippen molar-refractivity contribution >= 4 is 27.3 Å². The second-order valence-corrected chi connectivity index (χ2v) is 10.6. The fraction of sp³-hybridized carbons (Fsp3) is 0.632. The lowest BCUT2D eigenvalue weighted by Gasteiger charge is -2.36. The average molecular weight is 399 g/mol. The van der Waals surface area contributed by atoms with E-state index in [9.17, 15) is 13.2 Å². The molecule has 1 amide bonds. The molecule has 1 heterocycles. The second-order valence-electron chi connectivity index (χ2n) is 7.90. The molecule has 0 aromatic heterocycles. The molecule has 0 radical (unpaired) electrons. The van der Waals surface area contributed by atoms with E-state index in [0.29, 0.717) is 24.4 Å². The van der Waals surface area contributed by atoms with Gasteiger partial charge in [-0.1, -0.05) is 31.4 Å². The van der Waals surface area contributed by atoms with Crippen LogP contribution in [0.15, 0.2) is 29.2 Å². The normalized spacial score (nSPS) is 22.1. The molecule has 5 nitrogen and oxygen atoms in total. The first-order valence-corrected chi connectivity index (χ1v) is 11.1. The van der Waals surface area contributed by atoms with Crippen LogP contribution in [0.2, 0.25) is 5.02 Å². The fourth-order valence-corrected chi connectivity index (χ4v) is 6.28. The summed E-state index contributed by atoms with van der Waals surface area (Å²) in [4.78, 5) is 13.3. The summed E-state index contributed by atoms with van der Waals surface area (Å²) in [7, 11) is -3.77. The van der Waals surface area contributed by atoms with Crippen molar-refractivity contribution in [3.8, 4) is 0 Å². The van der Waals surface area contributed by atoms with Gasteiger partial charge in [0.25, 0.3) is 0 Å². The van der Waals surface area contributed by atoms with E-state index in [2.05, 4.69) is 17.6 Å². The topological polar surface area (TPSA) is 75.3 Å². The molecule has 2 aliphatic rings. The minimum Gasteiger partial charge on any atom is -0.354 e. The maximum atomic E-state index is 13.3. The van der Waals surface area contributed by atoms with Crippen LogP contribution in [0.4, 0.5) is 0 Å². The maximum Gasteiger partial charge on any atom is 0.241 e. The van der Waals surface area contributed by atoms with Gasteiger partial charge in [0.2, 0.25) is 5.91 Å². The van der Waals surface area contributed by atoms with Crippen molar-refractivity contribution in [2.75, 3.05) is 19.6 Å². The molecule has 0 bridgehead atoms. The molecule has 144 valence electrons. The molecule has 1 aromatic rings. The summed E-state index contributed by atoms with van der Waals surface area (Å²) in [5.74, 6) is -0.343. The summed E-state index contributed by atoms with van der Waals surface area (Å²) < 4.78 is 25.3. The van der Waals surface area contributed by atoms with Crippen molar-refractivity contribution in [2.24, 2.45) is 5.41 Å². The predicted molar refractivity (Wildman–Crippen MR) is 103 cm³/mol. The van der Waals surface area contributed by atoms with Gasteiger partial charge in [-0.05, 0) is 68.5 Å². The van der Waals surface area contributed by atoms with Crippen LogP contribution in [0.3, 0.4) is 0 Å². The lowest BCUT2D eigenvalue weighted by atomic mass is 9.81. The van der Waals surface area contributed by atoms with Crippen LogP contribution in [-0.2, 0) is 14.6 Å². The van der Waals surface area contributed by atoms with Crippen molar-refractivity contribution in [2.45, 2.75) is 55.1 Å². The van der Waals surface area contributed by atoms with Crippen LogP contribution in [0, 0.1) is 5.41 Å². The maximum absolute atomic E-state index is 13.3. The first-order valence-electron chi connectivity index (χ1n) is 9.28.